The number of aromatic nitrogens is 2. The number of cyclic esters (lactones) is 2. The van der Waals surface area contributed by atoms with Crippen LogP contribution in [0, 0.1) is 0 Å². The van der Waals surface area contributed by atoms with Gasteiger partial charge in [-0.15, -0.1) is 0 Å². The van der Waals surface area contributed by atoms with E-state index in [-0.39, 0.29) is 11.6 Å². The fraction of sp³-hybridized carbons (Fsp3) is 0.176. The lowest BCUT2D eigenvalue weighted by Crippen LogP contribution is -2.41. The standard InChI is InChI=1S/C17H14N2O5/c1-17(2)23-14(20)13(15(21)24-17)10-11-4-6-12(7-5-11)22-16-18-8-3-9-19-16/h3-10H,1-2H3. The van der Waals surface area contributed by atoms with Gasteiger partial charge in [0.15, 0.2) is 0 Å². The van der Waals surface area contributed by atoms with Crippen molar-refractivity contribution in [2.75, 3.05) is 0 Å². The molecule has 0 spiro atoms. The molecule has 24 heavy (non-hydrogen) atoms. The van der Waals surface area contributed by atoms with E-state index in [0.29, 0.717) is 11.3 Å². The third-order valence-corrected chi connectivity index (χ3v) is 3.06. The molecule has 0 aliphatic carbocycles. The van der Waals surface area contributed by atoms with Crippen LogP contribution in [0.15, 0.2) is 48.3 Å². The van der Waals surface area contributed by atoms with E-state index >= 15 is 0 Å². The van der Waals surface area contributed by atoms with E-state index in [1.165, 1.54) is 19.9 Å². The van der Waals surface area contributed by atoms with E-state index in [9.17, 15) is 9.59 Å². The largest absolute Gasteiger partial charge is 0.424 e. The lowest BCUT2D eigenvalue weighted by atomic mass is 10.1. The fourth-order valence-electron chi connectivity index (χ4n) is 2.02. The number of benzene rings is 1. The van der Waals surface area contributed by atoms with Crippen molar-refractivity contribution in [3.05, 3.63) is 53.9 Å². The van der Waals surface area contributed by atoms with Crippen LogP contribution in [0.4, 0.5) is 0 Å². The molecule has 1 aromatic heterocycles. The summed E-state index contributed by atoms with van der Waals surface area (Å²) >= 11 is 0. The van der Waals surface area contributed by atoms with Gasteiger partial charge < -0.3 is 14.2 Å². The smallest absolute Gasteiger partial charge is 0.348 e. The summed E-state index contributed by atoms with van der Waals surface area (Å²) in [7, 11) is 0. The molecule has 2 heterocycles. The maximum atomic E-state index is 11.9. The quantitative estimate of drug-likeness (QED) is 0.486. The van der Waals surface area contributed by atoms with Gasteiger partial charge in [0.2, 0.25) is 0 Å². The Morgan fingerprint density at radius 1 is 1.00 bits per heavy atom. The van der Waals surface area contributed by atoms with Gasteiger partial charge in [0, 0.05) is 26.2 Å². The third kappa shape index (κ3) is 3.57. The molecular formula is C17H14N2O5. The molecule has 7 nitrogen and oxygen atoms in total. The van der Waals surface area contributed by atoms with E-state index in [1.54, 1.807) is 42.7 Å². The summed E-state index contributed by atoms with van der Waals surface area (Å²) in [5, 5.41) is 0. The Labute approximate surface area is 137 Å². The van der Waals surface area contributed by atoms with E-state index < -0.39 is 17.7 Å². The number of rotatable bonds is 3. The van der Waals surface area contributed by atoms with Gasteiger partial charge in [0.05, 0.1) is 0 Å². The normalized spacial score (nSPS) is 16.2. The molecular weight excluding hydrogens is 312 g/mol. The van der Waals surface area contributed by atoms with Gasteiger partial charge in [0.25, 0.3) is 5.79 Å². The van der Waals surface area contributed by atoms with Crippen LogP contribution in [0.2, 0.25) is 0 Å². The van der Waals surface area contributed by atoms with E-state index in [1.807, 2.05) is 0 Å². The topological polar surface area (TPSA) is 87.6 Å². The predicted molar refractivity (Wildman–Crippen MR) is 82.8 cm³/mol. The first-order valence-corrected chi connectivity index (χ1v) is 7.16. The van der Waals surface area contributed by atoms with Crippen LogP contribution in [-0.2, 0) is 19.1 Å². The highest BCUT2D eigenvalue weighted by Gasteiger charge is 2.38. The molecule has 3 rings (SSSR count). The van der Waals surface area contributed by atoms with Crippen LogP contribution in [0.25, 0.3) is 6.08 Å². The summed E-state index contributed by atoms with van der Waals surface area (Å²) in [5.74, 6) is -2.15. The number of esters is 2. The lowest BCUT2D eigenvalue weighted by molar-refractivity contribution is -0.222. The van der Waals surface area contributed by atoms with Gasteiger partial charge in [-0.2, -0.15) is 0 Å². The number of hydrogen-bond acceptors (Lipinski definition) is 7. The zero-order valence-corrected chi connectivity index (χ0v) is 13.1. The highest BCUT2D eigenvalue weighted by molar-refractivity contribution is 6.18. The first kappa shape index (κ1) is 15.7. The van der Waals surface area contributed by atoms with E-state index in [4.69, 9.17) is 14.2 Å². The lowest BCUT2D eigenvalue weighted by Gasteiger charge is -2.29. The zero-order valence-electron chi connectivity index (χ0n) is 13.1. The Morgan fingerprint density at radius 3 is 2.17 bits per heavy atom. The molecule has 0 radical (unpaired) electrons. The predicted octanol–water partition coefficient (Wildman–Crippen LogP) is 2.49. The van der Waals surface area contributed by atoms with Crippen molar-refractivity contribution < 1.29 is 23.8 Å². The van der Waals surface area contributed by atoms with Crippen molar-refractivity contribution in [1.82, 2.24) is 9.97 Å². The second-order valence-electron chi connectivity index (χ2n) is 5.44. The van der Waals surface area contributed by atoms with Crippen molar-refractivity contribution in [1.29, 1.82) is 0 Å². The minimum atomic E-state index is -1.25. The highest BCUT2D eigenvalue weighted by atomic mass is 16.7. The van der Waals surface area contributed by atoms with Gasteiger partial charge >= 0.3 is 17.9 Å². The van der Waals surface area contributed by atoms with Gasteiger partial charge in [0.1, 0.15) is 11.3 Å². The van der Waals surface area contributed by atoms with Gasteiger partial charge in [-0.25, -0.2) is 19.6 Å². The van der Waals surface area contributed by atoms with Crippen LogP contribution >= 0.6 is 0 Å². The number of carbonyl (C=O) groups is 2. The van der Waals surface area contributed by atoms with Crippen molar-refractivity contribution in [2.45, 2.75) is 19.6 Å². The maximum Gasteiger partial charge on any atom is 0.348 e. The third-order valence-electron chi connectivity index (χ3n) is 3.06. The first-order valence-electron chi connectivity index (χ1n) is 7.16. The fourth-order valence-corrected chi connectivity index (χ4v) is 2.02. The number of carbonyl (C=O) groups excluding carboxylic acids is 2. The van der Waals surface area contributed by atoms with E-state index in [0.717, 1.165) is 0 Å². The molecule has 1 aliphatic rings. The van der Waals surface area contributed by atoms with Crippen molar-refractivity contribution in [2.24, 2.45) is 0 Å². The molecule has 0 unspecified atom stereocenters. The van der Waals surface area contributed by atoms with Crippen LogP contribution in [0.5, 0.6) is 11.8 Å². The monoisotopic (exact) mass is 326 g/mol. The number of ether oxygens (including phenoxy) is 3. The van der Waals surface area contributed by atoms with Crippen LogP contribution in [0.3, 0.4) is 0 Å². The number of hydrogen-bond donors (Lipinski definition) is 0. The van der Waals surface area contributed by atoms with Crippen molar-refractivity contribution in [3.8, 4) is 11.8 Å². The molecule has 2 aromatic rings. The Bertz CT molecular complexity index is 775. The van der Waals surface area contributed by atoms with Gasteiger partial charge in [-0.05, 0) is 29.8 Å². The Balaban J connectivity index is 1.76. The van der Waals surface area contributed by atoms with E-state index in [2.05, 4.69) is 9.97 Å². The Kier molecular flexibility index (Phi) is 3.99. The first-order chi connectivity index (χ1) is 11.4. The van der Waals surface area contributed by atoms with Crippen molar-refractivity contribution >= 4 is 18.0 Å². The minimum absolute atomic E-state index is 0.158. The molecule has 0 bridgehead atoms. The van der Waals surface area contributed by atoms with Crippen molar-refractivity contribution in [3.63, 3.8) is 0 Å². The maximum absolute atomic E-state index is 11.9. The molecule has 0 N–H and O–H groups in total. The average molecular weight is 326 g/mol. The highest BCUT2D eigenvalue weighted by Crippen LogP contribution is 2.25. The molecule has 1 fully saturated rings. The zero-order chi connectivity index (χ0) is 17.2. The van der Waals surface area contributed by atoms with Crippen LogP contribution < -0.4 is 4.74 Å². The average Bonchev–Trinajstić information content (AvgIpc) is 2.53. The minimum Gasteiger partial charge on any atom is -0.424 e. The molecule has 1 aliphatic heterocycles. The molecule has 0 saturated carbocycles. The van der Waals surface area contributed by atoms with Crippen LogP contribution in [-0.4, -0.2) is 27.7 Å². The summed E-state index contributed by atoms with van der Waals surface area (Å²) in [6, 6.07) is 8.63. The molecule has 0 amide bonds. The Hall–Kier alpha value is -3.22. The molecule has 0 atom stereocenters. The molecule has 1 saturated heterocycles. The second-order valence-corrected chi connectivity index (χ2v) is 5.44. The SMILES string of the molecule is CC1(C)OC(=O)C(=Cc2ccc(Oc3ncccn3)cc2)C(=O)O1. The Morgan fingerprint density at radius 2 is 1.58 bits per heavy atom. The number of nitrogens with zero attached hydrogens (tertiary/aromatic N) is 2. The van der Waals surface area contributed by atoms with Gasteiger partial charge in [-0.3, -0.25) is 0 Å². The van der Waals surface area contributed by atoms with Gasteiger partial charge in [-0.1, -0.05) is 12.1 Å². The summed E-state index contributed by atoms with van der Waals surface area (Å²) in [4.78, 5) is 31.7. The van der Waals surface area contributed by atoms with Crippen LogP contribution in [0.1, 0.15) is 19.4 Å². The summed E-state index contributed by atoms with van der Waals surface area (Å²) in [6.07, 6.45) is 4.55. The summed E-state index contributed by atoms with van der Waals surface area (Å²) < 4.78 is 15.5. The summed E-state index contributed by atoms with van der Waals surface area (Å²) in [6.45, 7) is 2.99. The molecule has 122 valence electrons. The molecule has 7 heteroatoms. The summed E-state index contributed by atoms with van der Waals surface area (Å²) in [5.41, 5.74) is 0.467. The molecule has 1 aromatic carbocycles. The second kappa shape index (κ2) is 6.11.